The van der Waals surface area contributed by atoms with Gasteiger partial charge in [-0.15, -0.1) is 6.42 Å². The maximum atomic E-state index is 6.48. The third-order valence-electron chi connectivity index (χ3n) is 9.09. The summed E-state index contributed by atoms with van der Waals surface area (Å²) in [7, 11) is 0. The minimum atomic E-state index is 0.389. The topological polar surface area (TPSA) is 46.2 Å². The summed E-state index contributed by atoms with van der Waals surface area (Å²) in [5.74, 6) is 6.45. The molecule has 0 bridgehead atoms. The third-order valence-corrected chi connectivity index (χ3v) is 9.09. The van der Waals surface area contributed by atoms with Crippen LogP contribution in [0.1, 0.15) is 153 Å². The minimum absolute atomic E-state index is 0.389. The summed E-state index contributed by atoms with van der Waals surface area (Å²) in [6.07, 6.45) is 27.4. The van der Waals surface area contributed by atoms with Crippen LogP contribution in [0.15, 0.2) is 60.7 Å². The lowest BCUT2D eigenvalue weighted by Gasteiger charge is -2.19. The highest BCUT2D eigenvalue weighted by atomic mass is 16.5. The standard InChI is InChI=1S/C46H66O5/c1-5-9-12-15-18-21-32-47-44-35-41(38-51-43-30-28-42(29-31-43)50-37-40-26-24-39(8-4)25-27-40)36-45(48-33-22-19-16-13-10-6-2)46(44)49-34-23-20-17-14-11-7-3/h4,24-31,35-36H,5-7,9-23,32-34,37-38H2,1-3H3. The molecule has 0 radical (unpaired) electrons. The summed E-state index contributed by atoms with van der Waals surface area (Å²) in [5.41, 5.74) is 2.93. The van der Waals surface area contributed by atoms with Gasteiger partial charge in [0.25, 0.3) is 0 Å². The van der Waals surface area contributed by atoms with Crippen molar-refractivity contribution in [3.8, 4) is 41.1 Å². The van der Waals surface area contributed by atoms with Gasteiger partial charge in [-0.3, -0.25) is 0 Å². The zero-order chi connectivity index (χ0) is 36.2. The van der Waals surface area contributed by atoms with E-state index in [0.717, 1.165) is 64.7 Å². The minimum Gasteiger partial charge on any atom is -0.490 e. The second-order valence-corrected chi connectivity index (χ2v) is 13.7. The lowest BCUT2D eigenvalue weighted by Crippen LogP contribution is -2.08. The Morgan fingerprint density at radius 3 is 1.25 bits per heavy atom. The molecule has 0 spiro atoms. The van der Waals surface area contributed by atoms with Crippen molar-refractivity contribution in [2.24, 2.45) is 0 Å². The van der Waals surface area contributed by atoms with Crippen LogP contribution < -0.4 is 23.7 Å². The molecule has 0 atom stereocenters. The van der Waals surface area contributed by atoms with Gasteiger partial charge in [-0.2, -0.15) is 0 Å². The monoisotopic (exact) mass is 698 g/mol. The van der Waals surface area contributed by atoms with Gasteiger partial charge in [-0.1, -0.05) is 135 Å². The molecule has 0 saturated carbocycles. The summed E-state index contributed by atoms with van der Waals surface area (Å²) in [4.78, 5) is 0. The van der Waals surface area contributed by atoms with E-state index in [4.69, 9.17) is 30.1 Å². The van der Waals surface area contributed by atoms with Crippen LogP contribution in [0.3, 0.4) is 0 Å². The molecule has 0 aliphatic heterocycles. The fraction of sp³-hybridized carbons (Fsp3) is 0.565. The normalized spacial score (nSPS) is 10.9. The van der Waals surface area contributed by atoms with Crippen LogP contribution in [-0.4, -0.2) is 19.8 Å². The average Bonchev–Trinajstić information content (AvgIpc) is 3.16. The number of unbranched alkanes of at least 4 members (excludes halogenated alkanes) is 15. The SMILES string of the molecule is C#Cc1ccc(COc2ccc(OCc3cc(OCCCCCCCC)c(OCCCCCCCC)c(OCCCCCCCC)c3)cc2)cc1. The summed E-state index contributed by atoms with van der Waals surface area (Å²) in [5, 5.41) is 0. The molecule has 0 aliphatic rings. The van der Waals surface area contributed by atoms with Crippen molar-refractivity contribution in [1.82, 2.24) is 0 Å². The van der Waals surface area contributed by atoms with E-state index in [1.807, 2.05) is 48.5 Å². The predicted octanol–water partition coefficient (Wildman–Crippen LogP) is 13.0. The molecule has 0 aliphatic carbocycles. The van der Waals surface area contributed by atoms with Crippen LogP contribution in [0, 0.1) is 12.3 Å². The smallest absolute Gasteiger partial charge is 0.203 e. The Morgan fingerprint density at radius 2 is 0.824 bits per heavy atom. The first-order chi connectivity index (χ1) is 25.2. The van der Waals surface area contributed by atoms with Crippen molar-refractivity contribution >= 4 is 0 Å². The Bertz CT molecular complexity index is 1300. The molecule has 0 N–H and O–H groups in total. The molecule has 5 nitrogen and oxygen atoms in total. The van der Waals surface area contributed by atoms with Crippen molar-refractivity contribution in [3.05, 3.63) is 77.4 Å². The van der Waals surface area contributed by atoms with Crippen LogP contribution >= 0.6 is 0 Å². The largest absolute Gasteiger partial charge is 0.490 e. The van der Waals surface area contributed by atoms with Gasteiger partial charge in [0.15, 0.2) is 11.5 Å². The quantitative estimate of drug-likeness (QED) is 0.0512. The molecule has 0 saturated heterocycles. The van der Waals surface area contributed by atoms with E-state index in [-0.39, 0.29) is 0 Å². The van der Waals surface area contributed by atoms with Crippen molar-refractivity contribution in [2.45, 2.75) is 150 Å². The predicted molar refractivity (Wildman–Crippen MR) is 213 cm³/mol. The van der Waals surface area contributed by atoms with Gasteiger partial charge < -0.3 is 23.7 Å². The van der Waals surface area contributed by atoms with Crippen molar-refractivity contribution in [3.63, 3.8) is 0 Å². The van der Waals surface area contributed by atoms with Crippen molar-refractivity contribution in [1.29, 1.82) is 0 Å². The van der Waals surface area contributed by atoms with E-state index in [2.05, 4.69) is 38.8 Å². The molecule has 0 aromatic heterocycles. The Kier molecular flexibility index (Phi) is 22.0. The summed E-state index contributed by atoms with van der Waals surface area (Å²) in [6, 6.07) is 19.8. The number of ether oxygens (including phenoxy) is 5. The first-order valence-corrected chi connectivity index (χ1v) is 20.1. The molecular weight excluding hydrogens is 633 g/mol. The number of terminal acetylenes is 1. The van der Waals surface area contributed by atoms with E-state index in [1.165, 1.54) is 96.3 Å². The number of rotatable bonds is 30. The highest BCUT2D eigenvalue weighted by Crippen LogP contribution is 2.40. The molecule has 3 rings (SSSR count). The van der Waals surface area contributed by atoms with Crippen LogP contribution in [0.4, 0.5) is 0 Å². The lowest BCUT2D eigenvalue weighted by molar-refractivity contribution is 0.232. The summed E-state index contributed by atoms with van der Waals surface area (Å²) in [6.45, 7) is 9.62. The van der Waals surface area contributed by atoms with E-state index >= 15 is 0 Å². The molecule has 5 heteroatoms. The molecular formula is C46H66O5. The Hall–Kier alpha value is -3.78. The fourth-order valence-corrected chi connectivity index (χ4v) is 5.92. The van der Waals surface area contributed by atoms with E-state index < -0.39 is 0 Å². The Balaban J connectivity index is 1.68. The maximum Gasteiger partial charge on any atom is 0.203 e. The van der Waals surface area contributed by atoms with Crippen LogP contribution in [0.2, 0.25) is 0 Å². The first kappa shape index (κ1) is 41.6. The summed E-state index contributed by atoms with van der Waals surface area (Å²) < 4.78 is 31.7. The lowest BCUT2D eigenvalue weighted by atomic mass is 10.1. The van der Waals surface area contributed by atoms with Crippen molar-refractivity contribution < 1.29 is 23.7 Å². The van der Waals surface area contributed by atoms with E-state index in [0.29, 0.717) is 33.0 Å². The molecule has 0 amide bonds. The van der Waals surface area contributed by atoms with Gasteiger partial charge in [0.2, 0.25) is 5.75 Å². The van der Waals surface area contributed by atoms with Gasteiger partial charge in [0.05, 0.1) is 19.8 Å². The zero-order valence-electron chi connectivity index (χ0n) is 32.2. The Morgan fingerprint density at radius 1 is 0.431 bits per heavy atom. The highest BCUT2D eigenvalue weighted by Gasteiger charge is 2.17. The molecule has 0 unspecified atom stereocenters. The number of benzene rings is 3. The molecule has 280 valence electrons. The molecule has 3 aromatic carbocycles. The van der Waals surface area contributed by atoms with Gasteiger partial charge >= 0.3 is 0 Å². The van der Waals surface area contributed by atoms with Gasteiger partial charge in [-0.25, -0.2) is 0 Å². The second-order valence-electron chi connectivity index (χ2n) is 13.7. The number of hydrogen-bond acceptors (Lipinski definition) is 5. The van der Waals surface area contributed by atoms with E-state index in [9.17, 15) is 0 Å². The maximum absolute atomic E-state index is 6.48. The molecule has 3 aromatic rings. The molecule has 51 heavy (non-hydrogen) atoms. The Labute approximate surface area is 310 Å². The van der Waals surface area contributed by atoms with Gasteiger partial charge in [0.1, 0.15) is 24.7 Å². The molecule has 0 fully saturated rings. The summed E-state index contributed by atoms with van der Waals surface area (Å²) >= 11 is 0. The number of hydrogen-bond donors (Lipinski definition) is 0. The van der Waals surface area contributed by atoms with Crippen LogP contribution in [0.25, 0.3) is 0 Å². The van der Waals surface area contributed by atoms with Crippen molar-refractivity contribution in [2.75, 3.05) is 19.8 Å². The van der Waals surface area contributed by atoms with Crippen LogP contribution in [-0.2, 0) is 13.2 Å². The highest BCUT2D eigenvalue weighted by molar-refractivity contribution is 5.54. The van der Waals surface area contributed by atoms with Gasteiger partial charge in [-0.05, 0) is 78.9 Å². The third kappa shape index (κ3) is 17.8. The average molecular weight is 699 g/mol. The zero-order valence-corrected chi connectivity index (χ0v) is 32.2. The second kappa shape index (κ2) is 26.9. The van der Waals surface area contributed by atoms with Gasteiger partial charge in [0, 0.05) is 5.56 Å². The van der Waals surface area contributed by atoms with Crippen LogP contribution in [0.5, 0.6) is 28.7 Å². The first-order valence-electron chi connectivity index (χ1n) is 20.1. The van der Waals surface area contributed by atoms with E-state index in [1.54, 1.807) is 0 Å². The molecule has 0 heterocycles. The fourth-order valence-electron chi connectivity index (χ4n) is 5.92.